The fraction of sp³-hybridized carbons (Fsp3) is 0.300. The van der Waals surface area contributed by atoms with E-state index in [4.69, 9.17) is 0 Å². The zero-order valence-corrected chi connectivity index (χ0v) is 36.1. The SMILES string of the molecule is Cc1cc(CCCCCN2[CH-]N(c3[c-]c(F)nc(F)c3)c3ncccc32)n[n-]1.Cc1cc(CCCCCN2[CH-]N(c3[c-]c(F)nc(F)c3)c3ncccc32)n[n-]1.[Pt].[Pt]. The molecular weight excluding hydrogens is 1110 g/mol. The summed E-state index contributed by atoms with van der Waals surface area (Å²) < 4.78 is 54.0. The number of anilines is 6. The van der Waals surface area contributed by atoms with Crippen molar-refractivity contribution in [3.05, 3.63) is 133 Å². The Kier molecular flexibility index (Phi) is 16.0. The van der Waals surface area contributed by atoms with E-state index in [1.807, 2.05) is 60.0 Å². The van der Waals surface area contributed by atoms with Gasteiger partial charge in [-0.2, -0.15) is 36.8 Å². The molecule has 0 spiro atoms. The number of aromatic nitrogens is 8. The van der Waals surface area contributed by atoms with Gasteiger partial charge in [0.05, 0.1) is 0 Å². The van der Waals surface area contributed by atoms with Crippen LogP contribution in [0.25, 0.3) is 0 Å². The van der Waals surface area contributed by atoms with Gasteiger partial charge >= 0.3 is 0 Å². The summed E-state index contributed by atoms with van der Waals surface area (Å²) in [6.45, 7) is 9.03. The molecule has 2 aliphatic rings. The van der Waals surface area contributed by atoms with Crippen LogP contribution in [0.3, 0.4) is 0 Å². The van der Waals surface area contributed by atoms with Crippen molar-refractivity contribution in [1.29, 1.82) is 0 Å². The third-order valence-electron chi connectivity index (χ3n) is 9.11. The molecule has 12 nitrogen and oxygen atoms in total. The van der Waals surface area contributed by atoms with Gasteiger partial charge in [0.25, 0.3) is 0 Å². The van der Waals surface area contributed by atoms with Gasteiger partial charge in [-0.05, 0) is 75.9 Å². The number of fused-ring (bicyclic) bond motifs is 2. The molecule has 58 heavy (non-hydrogen) atoms. The van der Waals surface area contributed by atoms with Gasteiger partial charge in [-0.1, -0.05) is 38.8 Å². The van der Waals surface area contributed by atoms with Crippen molar-refractivity contribution in [2.45, 2.75) is 65.2 Å². The standard InChI is InChI=1S/2C20H19F2N6.2Pt/c2*1-14-10-15(26-25-14)6-3-2-4-9-27-13-28(20-17(27)7-5-8-23-20)16-11-18(21)24-19(22)12-16;;/h2*5,7-8,10-11,13H,2-4,6,9H2,1H3;;/q2*-3;;. The van der Waals surface area contributed by atoms with E-state index in [-0.39, 0.29) is 53.5 Å². The Bertz CT molecular complexity index is 2040. The molecule has 6 aromatic rings. The molecule has 0 radical (unpaired) electrons. The normalized spacial score (nSPS) is 12.8. The molecule has 0 bridgehead atoms. The van der Waals surface area contributed by atoms with Gasteiger partial charge in [-0.25, -0.2) is 37.5 Å². The molecule has 312 valence electrons. The molecule has 2 aliphatic heterocycles. The molecule has 0 saturated carbocycles. The summed E-state index contributed by atoms with van der Waals surface area (Å²) in [4.78, 5) is 22.3. The van der Waals surface area contributed by atoms with Crippen molar-refractivity contribution in [3.8, 4) is 0 Å². The number of halogens is 4. The third-order valence-corrected chi connectivity index (χ3v) is 9.11. The summed E-state index contributed by atoms with van der Waals surface area (Å²) in [5, 5.41) is 16.3. The first-order valence-electron chi connectivity index (χ1n) is 18.3. The van der Waals surface area contributed by atoms with Crippen LogP contribution in [0, 0.1) is 63.1 Å². The maximum absolute atomic E-state index is 13.5. The van der Waals surface area contributed by atoms with Crippen LogP contribution >= 0.6 is 0 Å². The average Bonchev–Trinajstić information content (AvgIpc) is 3.97. The largest absolute Gasteiger partial charge is 0.579 e. The van der Waals surface area contributed by atoms with Crippen LogP contribution in [-0.4, -0.2) is 43.2 Å². The van der Waals surface area contributed by atoms with Gasteiger partial charge in [0.15, 0.2) is 0 Å². The quantitative estimate of drug-likeness (QED) is 0.0468. The Hall–Kier alpha value is -4.68. The predicted molar refractivity (Wildman–Crippen MR) is 202 cm³/mol. The smallest absolute Gasteiger partial charge is 0.135 e. The van der Waals surface area contributed by atoms with Crippen LogP contribution in [0.1, 0.15) is 61.3 Å². The Morgan fingerprint density at radius 1 is 0.603 bits per heavy atom. The van der Waals surface area contributed by atoms with Crippen LogP contribution in [0.4, 0.5) is 51.9 Å². The maximum atomic E-state index is 13.5. The summed E-state index contributed by atoms with van der Waals surface area (Å²) in [5.74, 6) is -2.50. The Labute approximate surface area is 363 Å². The van der Waals surface area contributed by atoms with E-state index < -0.39 is 23.8 Å². The van der Waals surface area contributed by atoms with Gasteiger partial charge in [0, 0.05) is 77.3 Å². The van der Waals surface area contributed by atoms with Crippen molar-refractivity contribution in [2.24, 2.45) is 0 Å². The van der Waals surface area contributed by atoms with Crippen molar-refractivity contribution >= 4 is 34.4 Å². The van der Waals surface area contributed by atoms with Crippen molar-refractivity contribution in [2.75, 3.05) is 32.7 Å². The molecule has 8 rings (SSSR count). The summed E-state index contributed by atoms with van der Waals surface area (Å²) in [7, 11) is 0. The summed E-state index contributed by atoms with van der Waals surface area (Å²) >= 11 is 0. The van der Waals surface area contributed by atoms with Crippen LogP contribution in [0.5, 0.6) is 0 Å². The van der Waals surface area contributed by atoms with Crippen LogP contribution in [-0.2, 0) is 55.0 Å². The monoisotopic (exact) mass is 1150 g/mol. The molecule has 0 atom stereocenters. The molecule has 6 aromatic heterocycles. The third kappa shape index (κ3) is 11.3. The number of nitrogens with zero attached hydrogens (tertiary/aromatic N) is 12. The second kappa shape index (κ2) is 20.8. The molecule has 0 N–H and O–H groups in total. The van der Waals surface area contributed by atoms with E-state index in [1.165, 1.54) is 0 Å². The minimum Gasteiger partial charge on any atom is -0.579 e. The van der Waals surface area contributed by atoms with Gasteiger partial charge in [0.1, 0.15) is 35.4 Å². The van der Waals surface area contributed by atoms with E-state index in [0.717, 1.165) is 111 Å². The first-order chi connectivity index (χ1) is 27.2. The second-order valence-electron chi connectivity index (χ2n) is 13.4. The van der Waals surface area contributed by atoms with E-state index >= 15 is 0 Å². The topological polar surface area (TPSA) is 118 Å². The number of hydrogen-bond donors (Lipinski definition) is 0. The first-order valence-corrected chi connectivity index (χ1v) is 18.3. The van der Waals surface area contributed by atoms with E-state index in [9.17, 15) is 17.6 Å². The minimum atomic E-state index is -0.981. The van der Waals surface area contributed by atoms with E-state index in [1.54, 1.807) is 35.5 Å². The zero-order valence-electron chi connectivity index (χ0n) is 31.5. The molecule has 0 aromatic carbocycles. The molecule has 0 fully saturated rings. The molecule has 0 amide bonds. The number of unbranched alkanes of at least 4 members (excludes halogenated alkanes) is 4. The Morgan fingerprint density at radius 2 is 1.03 bits per heavy atom. The number of hydrogen-bond acceptors (Lipinski definition) is 10. The van der Waals surface area contributed by atoms with Crippen molar-refractivity contribution in [3.63, 3.8) is 0 Å². The first kappa shape index (κ1) is 44.4. The molecule has 0 saturated heterocycles. The van der Waals surface area contributed by atoms with Crippen LogP contribution < -0.4 is 29.8 Å². The molecule has 8 heterocycles. The second-order valence-corrected chi connectivity index (χ2v) is 13.4. The van der Waals surface area contributed by atoms with Crippen LogP contribution in [0.2, 0.25) is 0 Å². The Morgan fingerprint density at radius 3 is 1.41 bits per heavy atom. The van der Waals surface area contributed by atoms with Crippen molar-refractivity contribution in [1.82, 2.24) is 40.3 Å². The maximum Gasteiger partial charge on any atom is 0.135 e. The fourth-order valence-corrected chi connectivity index (χ4v) is 6.55. The summed E-state index contributed by atoms with van der Waals surface area (Å²) in [5.41, 5.74) is 6.22. The van der Waals surface area contributed by atoms with Gasteiger partial charge < -0.3 is 40.0 Å². The van der Waals surface area contributed by atoms with E-state index in [0.29, 0.717) is 11.6 Å². The van der Waals surface area contributed by atoms with E-state index in [2.05, 4.69) is 52.5 Å². The summed E-state index contributed by atoms with van der Waals surface area (Å²) in [6.07, 6.45) is 11.2. The minimum absolute atomic E-state index is 0. The van der Waals surface area contributed by atoms with Gasteiger partial charge in [-0.3, -0.25) is 0 Å². The molecule has 18 heteroatoms. The Balaban J connectivity index is 0.000000214. The average molecular weight is 1150 g/mol. The molecule has 0 aliphatic carbocycles. The number of aryl methyl sites for hydroxylation is 4. The van der Waals surface area contributed by atoms with Gasteiger partial charge in [-0.15, -0.1) is 23.5 Å². The molecular formula is C40H38F4N12Pt2-6. The number of pyridine rings is 4. The fourth-order valence-electron chi connectivity index (χ4n) is 6.55. The zero-order chi connectivity index (χ0) is 39.0. The summed E-state index contributed by atoms with van der Waals surface area (Å²) in [6, 6.07) is 18.8. The van der Waals surface area contributed by atoms with Gasteiger partial charge in [0.2, 0.25) is 0 Å². The molecule has 0 unspecified atom stereocenters. The predicted octanol–water partition coefficient (Wildman–Crippen LogP) is 7.41. The van der Waals surface area contributed by atoms with Crippen molar-refractivity contribution < 1.29 is 59.7 Å². The van der Waals surface area contributed by atoms with Crippen LogP contribution in [0.15, 0.2) is 60.9 Å². The number of rotatable bonds is 14.